The van der Waals surface area contributed by atoms with Gasteiger partial charge in [-0.3, -0.25) is 0 Å². The van der Waals surface area contributed by atoms with Crippen molar-refractivity contribution in [3.8, 4) is 11.3 Å². The van der Waals surface area contributed by atoms with E-state index in [9.17, 15) is 0 Å². The Kier molecular flexibility index (Phi) is 2.17. The van der Waals surface area contributed by atoms with Crippen LogP contribution in [0.25, 0.3) is 11.3 Å². The van der Waals surface area contributed by atoms with Gasteiger partial charge in [-0.2, -0.15) is 0 Å². The SMILES string of the molecule is Nc1cnoc1-c1cccc2c1CCCC2. The van der Waals surface area contributed by atoms with Crippen molar-refractivity contribution >= 4 is 5.69 Å². The van der Waals surface area contributed by atoms with Crippen LogP contribution in [0.1, 0.15) is 24.0 Å². The van der Waals surface area contributed by atoms with E-state index in [0.717, 1.165) is 24.2 Å². The average molecular weight is 214 g/mol. The maximum absolute atomic E-state index is 5.85. The highest BCUT2D eigenvalue weighted by molar-refractivity contribution is 5.73. The van der Waals surface area contributed by atoms with E-state index in [1.165, 1.54) is 24.0 Å². The minimum absolute atomic E-state index is 0.624. The molecule has 2 aromatic rings. The molecule has 2 N–H and O–H groups in total. The third-order valence-corrected chi connectivity index (χ3v) is 3.24. The van der Waals surface area contributed by atoms with Crippen LogP contribution in [0.15, 0.2) is 28.9 Å². The zero-order chi connectivity index (χ0) is 11.0. The lowest BCUT2D eigenvalue weighted by atomic mass is 9.87. The molecule has 0 saturated carbocycles. The molecule has 0 spiro atoms. The molecule has 0 fully saturated rings. The van der Waals surface area contributed by atoms with Crippen molar-refractivity contribution in [2.45, 2.75) is 25.7 Å². The number of nitrogens with zero attached hydrogens (tertiary/aromatic N) is 1. The number of fused-ring (bicyclic) bond motifs is 1. The van der Waals surface area contributed by atoms with Crippen molar-refractivity contribution in [3.05, 3.63) is 35.5 Å². The van der Waals surface area contributed by atoms with E-state index < -0.39 is 0 Å². The Labute approximate surface area is 94.2 Å². The van der Waals surface area contributed by atoms with Crippen molar-refractivity contribution in [1.29, 1.82) is 0 Å². The number of anilines is 1. The van der Waals surface area contributed by atoms with Crippen LogP contribution >= 0.6 is 0 Å². The van der Waals surface area contributed by atoms with E-state index in [1.54, 1.807) is 6.20 Å². The zero-order valence-electron chi connectivity index (χ0n) is 9.07. The lowest BCUT2D eigenvalue weighted by molar-refractivity contribution is 0.432. The van der Waals surface area contributed by atoms with Crippen LogP contribution in [0.3, 0.4) is 0 Å². The lowest BCUT2D eigenvalue weighted by Crippen LogP contribution is -2.04. The van der Waals surface area contributed by atoms with Crippen LogP contribution in [-0.4, -0.2) is 5.16 Å². The van der Waals surface area contributed by atoms with Gasteiger partial charge in [0.05, 0.1) is 6.20 Å². The Morgan fingerprint density at radius 1 is 1.19 bits per heavy atom. The van der Waals surface area contributed by atoms with Crippen LogP contribution in [-0.2, 0) is 12.8 Å². The predicted molar refractivity (Wildman–Crippen MR) is 63.0 cm³/mol. The summed E-state index contributed by atoms with van der Waals surface area (Å²) >= 11 is 0. The molecule has 3 nitrogen and oxygen atoms in total. The van der Waals surface area contributed by atoms with Crippen molar-refractivity contribution in [2.24, 2.45) is 0 Å². The second kappa shape index (κ2) is 3.67. The highest BCUT2D eigenvalue weighted by atomic mass is 16.5. The third-order valence-electron chi connectivity index (χ3n) is 3.24. The molecule has 0 unspecified atom stereocenters. The molecule has 0 atom stereocenters. The number of aryl methyl sites for hydroxylation is 1. The van der Waals surface area contributed by atoms with Gasteiger partial charge in [0.2, 0.25) is 0 Å². The first-order chi connectivity index (χ1) is 7.86. The van der Waals surface area contributed by atoms with Crippen LogP contribution in [0.2, 0.25) is 0 Å². The Morgan fingerprint density at radius 3 is 2.88 bits per heavy atom. The normalized spacial score (nSPS) is 14.8. The highest BCUT2D eigenvalue weighted by Gasteiger charge is 2.17. The molecule has 0 saturated heterocycles. The summed E-state index contributed by atoms with van der Waals surface area (Å²) in [5, 5.41) is 3.75. The molecular weight excluding hydrogens is 200 g/mol. The predicted octanol–water partition coefficient (Wildman–Crippen LogP) is 2.80. The summed E-state index contributed by atoms with van der Waals surface area (Å²) in [6, 6.07) is 6.34. The van der Waals surface area contributed by atoms with Crippen LogP contribution in [0.5, 0.6) is 0 Å². The number of benzene rings is 1. The molecule has 0 aliphatic heterocycles. The van der Waals surface area contributed by atoms with Gasteiger partial charge in [-0.25, -0.2) is 0 Å². The van der Waals surface area contributed by atoms with Gasteiger partial charge in [-0.1, -0.05) is 23.4 Å². The second-order valence-electron chi connectivity index (χ2n) is 4.26. The monoisotopic (exact) mass is 214 g/mol. The molecule has 3 heteroatoms. The van der Waals surface area contributed by atoms with Crippen molar-refractivity contribution < 1.29 is 4.52 Å². The first kappa shape index (κ1) is 9.46. The summed E-state index contributed by atoms with van der Waals surface area (Å²) in [5.74, 6) is 0.721. The molecule has 82 valence electrons. The molecule has 1 aliphatic rings. The zero-order valence-corrected chi connectivity index (χ0v) is 9.07. The molecule has 0 amide bonds. The minimum Gasteiger partial charge on any atom is -0.394 e. The van der Waals surface area contributed by atoms with Gasteiger partial charge in [-0.15, -0.1) is 0 Å². The number of rotatable bonds is 1. The van der Waals surface area contributed by atoms with Gasteiger partial charge >= 0.3 is 0 Å². The van der Waals surface area contributed by atoms with Crippen molar-refractivity contribution in [2.75, 3.05) is 5.73 Å². The summed E-state index contributed by atoms with van der Waals surface area (Å²) in [5.41, 5.74) is 10.4. The van der Waals surface area contributed by atoms with Crippen LogP contribution in [0.4, 0.5) is 5.69 Å². The summed E-state index contributed by atoms with van der Waals surface area (Å²) < 4.78 is 5.24. The summed E-state index contributed by atoms with van der Waals surface area (Å²) in [6.07, 6.45) is 6.38. The molecule has 0 radical (unpaired) electrons. The van der Waals surface area contributed by atoms with Crippen molar-refractivity contribution in [1.82, 2.24) is 5.16 Å². The molecule has 0 bridgehead atoms. The van der Waals surface area contributed by atoms with E-state index in [0.29, 0.717) is 5.69 Å². The molecule has 1 aliphatic carbocycles. The van der Waals surface area contributed by atoms with E-state index in [4.69, 9.17) is 10.3 Å². The molecule has 1 aromatic heterocycles. The number of hydrogen-bond acceptors (Lipinski definition) is 3. The van der Waals surface area contributed by atoms with Gasteiger partial charge in [0.1, 0.15) is 5.69 Å². The number of nitrogen functional groups attached to an aromatic ring is 1. The van der Waals surface area contributed by atoms with Crippen LogP contribution in [0, 0.1) is 0 Å². The average Bonchev–Trinajstić information content (AvgIpc) is 2.75. The molecular formula is C13H14N2O. The number of hydrogen-bond donors (Lipinski definition) is 1. The Morgan fingerprint density at radius 2 is 2.06 bits per heavy atom. The van der Waals surface area contributed by atoms with E-state index >= 15 is 0 Å². The molecule has 16 heavy (non-hydrogen) atoms. The number of nitrogens with two attached hydrogens (primary N) is 1. The second-order valence-corrected chi connectivity index (χ2v) is 4.26. The van der Waals surface area contributed by atoms with Gasteiger partial charge in [0, 0.05) is 5.56 Å². The van der Waals surface area contributed by atoms with Gasteiger partial charge in [0.25, 0.3) is 0 Å². The summed E-state index contributed by atoms with van der Waals surface area (Å²) in [7, 11) is 0. The van der Waals surface area contributed by atoms with E-state index in [-0.39, 0.29) is 0 Å². The fraction of sp³-hybridized carbons (Fsp3) is 0.308. The fourth-order valence-electron chi connectivity index (χ4n) is 2.45. The first-order valence-electron chi connectivity index (χ1n) is 5.67. The van der Waals surface area contributed by atoms with Gasteiger partial charge in [-0.05, 0) is 36.8 Å². The Balaban J connectivity index is 2.18. The maximum Gasteiger partial charge on any atom is 0.189 e. The topological polar surface area (TPSA) is 52.0 Å². The fourth-order valence-corrected chi connectivity index (χ4v) is 2.45. The lowest BCUT2D eigenvalue weighted by Gasteiger charge is -2.18. The molecule has 1 heterocycles. The van der Waals surface area contributed by atoms with Gasteiger partial charge < -0.3 is 10.3 Å². The van der Waals surface area contributed by atoms with Gasteiger partial charge in [0.15, 0.2) is 5.76 Å². The summed E-state index contributed by atoms with van der Waals surface area (Å²) in [4.78, 5) is 0. The van der Waals surface area contributed by atoms with E-state index in [1.807, 2.05) is 0 Å². The quantitative estimate of drug-likeness (QED) is 0.794. The van der Waals surface area contributed by atoms with E-state index in [2.05, 4.69) is 23.4 Å². The minimum atomic E-state index is 0.624. The number of aromatic nitrogens is 1. The maximum atomic E-state index is 5.85. The van der Waals surface area contributed by atoms with Crippen LogP contribution < -0.4 is 5.73 Å². The first-order valence-corrected chi connectivity index (χ1v) is 5.67. The highest BCUT2D eigenvalue weighted by Crippen LogP contribution is 2.34. The third kappa shape index (κ3) is 1.40. The summed E-state index contributed by atoms with van der Waals surface area (Å²) in [6.45, 7) is 0. The molecule has 1 aromatic carbocycles. The Hall–Kier alpha value is -1.77. The Bertz CT molecular complexity index is 516. The molecule has 3 rings (SSSR count). The smallest absolute Gasteiger partial charge is 0.189 e. The standard InChI is InChI=1S/C13H14N2O/c14-12-8-15-16-13(12)11-7-3-5-9-4-1-2-6-10(9)11/h3,5,7-8H,1-2,4,6,14H2. The van der Waals surface area contributed by atoms with Crippen molar-refractivity contribution in [3.63, 3.8) is 0 Å². The largest absolute Gasteiger partial charge is 0.394 e.